The summed E-state index contributed by atoms with van der Waals surface area (Å²) in [6.07, 6.45) is 0. The van der Waals surface area contributed by atoms with Crippen molar-refractivity contribution >= 4 is 33.2 Å². The Balaban J connectivity index is 2.15. The average Bonchev–Trinajstić information content (AvgIpc) is 2.43. The van der Waals surface area contributed by atoms with Crippen LogP contribution in [0.15, 0.2) is 46.9 Å². The predicted octanol–water partition coefficient (Wildman–Crippen LogP) is 3.75. The number of carbonyl (C=O) groups excluding carboxylic acids is 1. The number of halogens is 2. The summed E-state index contributed by atoms with van der Waals surface area (Å²) >= 11 is 3.02. The SMILES string of the molecule is O=C(Nc1ccc(F)c(Br)c1)c1ccc([N+](=O)[O-])cc1. The fourth-order valence-corrected chi connectivity index (χ4v) is 1.89. The summed E-state index contributed by atoms with van der Waals surface area (Å²) in [7, 11) is 0. The molecule has 5 nitrogen and oxygen atoms in total. The van der Waals surface area contributed by atoms with Crippen LogP contribution in [0.4, 0.5) is 15.8 Å². The van der Waals surface area contributed by atoms with Crippen molar-refractivity contribution in [2.24, 2.45) is 0 Å². The highest BCUT2D eigenvalue weighted by atomic mass is 79.9. The summed E-state index contributed by atoms with van der Waals surface area (Å²) in [6.45, 7) is 0. The Morgan fingerprint density at radius 2 is 1.85 bits per heavy atom. The molecule has 0 aromatic heterocycles. The summed E-state index contributed by atoms with van der Waals surface area (Å²) in [5.74, 6) is -0.864. The van der Waals surface area contributed by atoms with Crippen LogP contribution in [0.3, 0.4) is 0 Å². The number of amides is 1. The van der Waals surface area contributed by atoms with Crippen LogP contribution in [0.5, 0.6) is 0 Å². The summed E-state index contributed by atoms with van der Waals surface area (Å²) in [6, 6.07) is 9.26. The number of rotatable bonds is 3. The van der Waals surface area contributed by atoms with Crippen molar-refractivity contribution in [2.75, 3.05) is 5.32 Å². The van der Waals surface area contributed by atoms with Gasteiger partial charge in [0.2, 0.25) is 0 Å². The molecule has 0 aliphatic rings. The molecule has 0 heterocycles. The van der Waals surface area contributed by atoms with Gasteiger partial charge >= 0.3 is 0 Å². The van der Waals surface area contributed by atoms with E-state index < -0.39 is 16.6 Å². The minimum Gasteiger partial charge on any atom is -0.322 e. The molecule has 7 heteroatoms. The van der Waals surface area contributed by atoms with Gasteiger partial charge in [0, 0.05) is 23.4 Å². The smallest absolute Gasteiger partial charge is 0.269 e. The molecule has 2 aromatic rings. The van der Waals surface area contributed by atoms with E-state index in [4.69, 9.17) is 0 Å². The molecule has 2 rings (SSSR count). The standard InChI is InChI=1S/C13H8BrFN2O3/c14-11-7-9(3-6-12(11)15)16-13(18)8-1-4-10(5-2-8)17(19)20/h1-7H,(H,16,18). The van der Waals surface area contributed by atoms with Crippen molar-refractivity contribution in [3.8, 4) is 0 Å². The molecule has 0 aliphatic heterocycles. The lowest BCUT2D eigenvalue weighted by Crippen LogP contribution is -2.11. The van der Waals surface area contributed by atoms with E-state index in [1.807, 2.05) is 0 Å². The number of nitrogens with one attached hydrogen (secondary N) is 1. The topological polar surface area (TPSA) is 72.2 Å². The molecular weight excluding hydrogens is 331 g/mol. The van der Waals surface area contributed by atoms with Crippen LogP contribution in [-0.4, -0.2) is 10.8 Å². The lowest BCUT2D eigenvalue weighted by Gasteiger charge is -2.06. The Morgan fingerprint density at radius 3 is 2.40 bits per heavy atom. The molecule has 20 heavy (non-hydrogen) atoms. The van der Waals surface area contributed by atoms with E-state index in [2.05, 4.69) is 21.2 Å². The summed E-state index contributed by atoms with van der Waals surface area (Å²) in [4.78, 5) is 21.9. The molecule has 0 bridgehead atoms. The quantitative estimate of drug-likeness (QED) is 0.684. The summed E-state index contributed by atoms with van der Waals surface area (Å²) in [5.41, 5.74) is 0.601. The maximum atomic E-state index is 13.1. The van der Waals surface area contributed by atoms with Crippen molar-refractivity contribution in [1.29, 1.82) is 0 Å². The number of benzene rings is 2. The van der Waals surface area contributed by atoms with Gasteiger partial charge in [-0.2, -0.15) is 0 Å². The first kappa shape index (κ1) is 14.1. The van der Waals surface area contributed by atoms with Gasteiger partial charge in [-0.15, -0.1) is 0 Å². The molecular formula is C13H8BrFN2O3. The minimum atomic E-state index is -0.543. The molecule has 0 saturated heterocycles. The monoisotopic (exact) mass is 338 g/mol. The van der Waals surface area contributed by atoms with Crippen molar-refractivity contribution in [3.05, 3.63) is 68.4 Å². The van der Waals surface area contributed by atoms with E-state index in [9.17, 15) is 19.3 Å². The van der Waals surface area contributed by atoms with Gasteiger partial charge in [-0.1, -0.05) is 0 Å². The summed E-state index contributed by atoms with van der Waals surface area (Å²) < 4.78 is 13.3. The number of nitro benzene ring substituents is 1. The Bertz CT molecular complexity index is 674. The second kappa shape index (κ2) is 5.79. The summed E-state index contributed by atoms with van der Waals surface area (Å²) in [5, 5.41) is 13.1. The molecule has 1 amide bonds. The first-order chi connectivity index (χ1) is 9.47. The van der Waals surface area contributed by atoms with Gasteiger partial charge < -0.3 is 5.32 Å². The number of anilines is 1. The fraction of sp³-hybridized carbons (Fsp3) is 0. The van der Waals surface area contributed by atoms with E-state index in [-0.39, 0.29) is 15.7 Å². The normalized spacial score (nSPS) is 10.1. The third kappa shape index (κ3) is 3.18. The van der Waals surface area contributed by atoms with Gasteiger partial charge in [0.15, 0.2) is 0 Å². The molecule has 102 valence electrons. The number of hydrogen-bond donors (Lipinski definition) is 1. The van der Waals surface area contributed by atoms with Gasteiger partial charge in [0.25, 0.3) is 11.6 Å². The number of nitro groups is 1. The zero-order valence-corrected chi connectivity index (χ0v) is 11.6. The Hall–Kier alpha value is -2.28. The molecule has 2 aromatic carbocycles. The van der Waals surface area contributed by atoms with Gasteiger partial charge in [0.1, 0.15) is 5.82 Å². The van der Waals surface area contributed by atoms with Crippen LogP contribution in [0.1, 0.15) is 10.4 Å². The van der Waals surface area contributed by atoms with Crippen LogP contribution in [0.25, 0.3) is 0 Å². The first-order valence-corrected chi connectivity index (χ1v) is 6.27. The van der Waals surface area contributed by atoms with Crippen molar-refractivity contribution in [1.82, 2.24) is 0 Å². The van der Waals surface area contributed by atoms with E-state index in [0.29, 0.717) is 5.69 Å². The van der Waals surface area contributed by atoms with Crippen LogP contribution in [-0.2, 0) is 0 Å². The van der Waals surface area contributed by atoms with E-state index in [1.165, 1.54) is 42.5 Å². The van der Waals surface area contributed by atoms with E-state index in [1.54, 1.807) is 0 Å². The van der Waals surface area contributed by atoms with Gasteiger partial charge in [-0.3, -0.25) is 14.9 Å². The molecule has 0 fully saturated rings. The Kier molecular flexibility index (Phi) is 4.09. The second-order valence-electron chi connectivity index (χ2n) is 3.89. The molecule has 0 aliphatic carbocycles. The van der Waals surface area contributed by atoms with E-state index >= 15 is 0 Å². The number of carbonyl (C=O) groups is 1. The van der Waals surface area contributed by atoms with E-state index in [0.717, 1.165) is 0 Å². The molecule has 0 unspecified atom stereocenters. The third-order valence-corrected chi connectivity index (χ3v) is 3.13. The Morgan fingerprint density at radius 1 is 1.20 bits per heavy atom. The number of hydrogen-bond acceptors (Lipinski definition) is 3. The number of non-ortho nitro benzene ring substituents is 1. The van der Waals surface area contributed by atoms with Gasteiger partial charge in [0.05, 0.1) is 9.40 Å². The highest BCUT2D eigenvalue weighted by Gasteiger charge is 2.10. The molecule has 0 spiro atoms. The lowest BCUT2D eigenvalue weighted by atomic mass is 10.2. The first-order valence-electron chi connectivity index (χ1n) is 5.48. The van der Waals surface area contributed by atoms with Crippen LogP contribution >= 0.6 is 15.9 Å². The molecule has 1 N–H and O–H groups in total. The Labute approximate surface area is 121 Å². The molecule has 0 radical (unpaired) electrons. The highest BCUT2D eigenvalue weighted by molar-refractivity contribution is 9.10. The van der Waals surface area contributed by atoms with Crippen LogP contribution in [0, 0.1) is 15.9 Å². The lowest BCUT2D eigenvalue weighted by molar-refractivity contribution is -0.384. The van der Waals surface area contributed by atoms with Gasteiger partial charge in [-0.25, -0.2) is 4.39 Å². The van der Waals surface area contributed by atoms with Crippen LogP contribution in [0.2, 0.25) is 0 Å². The third-order valence-electron chi connectivity index (χ3n) is 2.52. The zero-order chi connectivity index (χ0) is 14.7. The maximum absolute atomic E-state index is 13.1. The molecule has 0 saturated carbocycles. The zero-order valence-electron chi connectivity index (χ0n) is 9.97. The number of nitrogens with zero attached hydrogens (tertiary/aromatic N) is 1. The van der Waals surface area contributed by atoms with Crippen molar-refractivity contribution in [3.63, 3.8) is 0 Å². The van der Waals surface area contributed by atoms with Crippen molar-refractivity contribution in [2.45, 2.75) is 0 Å². The van der Waals surface area contributed by atoms with Crippen LogP contribution < -0.4 is 5.32 Å². The van der Waals surface area contributed by atoms with Gasteiger partial charge in [-0.05, 0) is 46.3 Å². The molecule has 0 atom stereocenters. The fourth-order valence-electron chi connectivity index (χ4n) is 1.51. The average molecular weight is 339 g/mol. The highest BCUT2D eigenvalue weighted by Crippen LogP contribution is 2.21. The predicted molar refractivity (Wildman–Crippen MR) is 75.1 cm³/mol. The maximum Gasteiger partial charge on any atom is 0.269 e. The second-order valence-corrected chi connectivity index (χ2v) is 4.74. The van der Waals surface area contributed by atoms with Crippen molar-refractivity contribution < 1.29 is 14.1 Å². The largest absolute Gasteiger partial charge is 0.322 e. The minimum absolute atomic E-state index is 0.0916.